The lowest BCUT2D eigenvalue weighted by molar-refractivity contribution is -0.131. The summed E-state index contributed by atoms with van der Waals surface area (Å²) in [5.41, 5.74) is 4.56. The molecule has 0 saturated carbocycles. The number of hydrogen-bond acceptors (Lipinski definition) is 4. The molecule has 3 heterocycles. The third kappa shape index (κ3) is 4.23. The minimum atomic E-state index is 0.197. The Bertz CT molecular complexity index is 978. The van der Waals surface area contributed by atoms with E-state index >= 15 is 0 Å². The van der Waals surface area contributed by atoms with Gasteiger partial charge in [0.15, 0.2) is 5.82 Å². The maximum atomic E-state index is 12.8. The van der Waals surface area contributed by atoms with E-state index in [9.17, 15) is 4.79 Å². The Morgan fingerprint density at radius 3 is 2.59 bits per heavy atom. The van der Waals surface area contributed by atoms with Gasteiger partial charge in [0.05, 0.1) is 12.2 Å². The monoisotopic (exact) mass is 392 g/mol. The highest BCUT2D eigenvalue weighted by Gasteiger charge is 2.21. The molecular formula is C22H28N6O. The highest BCUT2D eigenvalue weighted by atomic mass is 16.2. The molecule has 0 aliphatic carbocycles. The van der Waals surface area contributed by atoms with Crippen molar-refractivity contribution in [2.45, 2.75) is 46.1 Å². The maximum Gasteiger partial charge on any atom is 0.222 e. The molecule has 0 fully saturated rings. The zero-order valence-electron chi connectivity index (χ0n) is 17.4. The summed E-state index contributed by atoms with van der Waals surface area (Å²) in [5, 5.41) is 9.12. The first-order valence-electron chi connectivity index (χ1n) is 10.2. The molecule has 0 atom stereocenters. The van der Waals surface area contributed by atoms with Gasteiger partial charge in [-0.3, -0.25) is 9.48 Å². The molecule has 0 unspecified atom stereocenters. The van der Waals surface area contributed by atoms with Crippen LogP contribution in [0.25, 0.3) is 0 Å². The van der Waals surface area contributed by atoms with E-state index in [1.165, 1.54) is 11.1 Å². The molecule has 3 aromatic rings. The maximum absolute atomic E-state index is 12.8. The number of aryl methyl sites for hydroxylation is 2. The quantitative estimate of drug-likeness (QED) is 0.668. The van der Waals surface area contributed by atoms with E-state index in [4.69, 9.17) is 4.98 Å². The second-order valence-electron chi connectivity index (χ2n) is 7.73. The van der Waals surface area contributed by atoms with Gasteiger partial charge in [0.2, 0.25) is 5.91 Å². The van der Waals surface area contributed by atoms with Crippen molar-refractivity contribution in [1.82, 2.24) is 29.4 Å². The van der Waals surface area contributed by atoms with Crippen molar-refractivity contribution in [2.75, 3.05) is 13.1 Å². The van der Waals surface area contributed by atoms with Crippen LogP contribution in [0.5, 0.6) is 0 Å². The lowest BCUT2D eigenvalue weighted by Gasteiger charge is -2.20. The van der Waals surface area contributed by atoms with Gasteiger partial charge in [-0.2, -0.15) is 10.2 Å². The van der Waals surface area contributed by atoms with Crippen LogP contribution in [0.15, 0.2) is 30.3 Å². The lowest BCUT2D eigenvalue weighted by Crippen LogP contribution is -2.34. The molecule has 7 nitrogen and oxygen atoms in total. The van der Waals surface area contributed by atoms with Crippen LogP contribution in [0.2, 0.25) is 0 Å². The minimum absolute atomic E-state index is 0.197. The second kappa shape index (κ2) is 8.19. The predicted molar refractivity (Wildman–Crippen MR) is 111 cm³/mol. The summed E-state index contributed by atoms with van der Waals surface area (Å²) in [6.45, 7) is 6.16. The Morgan fingerprint density at radius 1 is 1.07 bits per heavy atom. The van der Waals surface area contributed by atoms with Crippen molar-refractivity contribution in [3.63, 3.8) is 0 Å². The van der Waals surface area contributed by atoms with Gasteiger partial charge >= 0.3 is 0 Å². The fourth-order valence-corrected chi connectivity index (χ4v) is 4.02. The number of carbonyl (C=O) groups is 1. The summed E-state index contributed by atoms with van der Waals surface area (Å²) >= 11 is 0. The predicted octanol–water partition coefficient (Wildman–Crippen LogP) is 2.24. The number of amides is 1. The molecular weight excluding hydrogens is 364 g/mol. The zero-order chi connectivity index (χ0) is 20.4. The molecule has 1 amide bonds. The number of nitrogens with zero attached hydrogens (tertiary/aromatic N) is 6. The van der Waals surface area contributed by atoms with Gasteiger partial charge in [0.1, 0.15) is 5.82 Å². The van der Waals surface area contributed by atoms with E-state index in [-0.39, 0.29) is 5.91 Å². The van der Waals surface area contributed by atoms with Crippen LogP contribution in [-0.4, -0.2) is 48.4 Å². The largest absolute Gasteiger partial charge is 0.340 e. The van der Waals surface area contributed by atoms with E-state index in [0.29, 0.717) is 26.1 Å². The normalized spacial score (nSPS) is 14.0. The van der Waals surface area contributed by atoms with Gasteiger partial charge < -0.3 is 4.90 Å². The average Bonchev–Trinajstić information content (AvgIpc) is 3.12. The van der Waals surface area contributed by atoms with E-state index in [1.807, 2.05) is 46.4 Å². The van der Waals surface area contributed by atoms with Crippen molar-refractivity contribution in [3.05, 3.63) is 64.5 Å². The van der Waals surface area contributed by atoms with Crippen molar-refractivity contribution in [1.29, 1.82) is 0 Å². The third-order valence-electron chi connectivity index (χ3n) is 5.78. The van der Waals surface area contributed by atoms with E-state index in [1.54, 1.807) is 0 Å². The molecule has 0 bridgehead atoms. The minimum Gasteiger partial charge on any atom is -0.340 e. The molecule has 0 radical (unpaired) electrons. The molecule has 29 heavy (non-hydrogen) atoms. The number of aromatic nitrogens is 5. The summed E-state index contributed by atoms with van der Waals surface area (Å²) in [7, 11) is 1.95. The van der Waals surface area contributed by atoms with Crippen LogP contribution in [-0.2, 0) is 37.6 Å². The Kier molecular flexibility index (Phi) is 5.47. The van der Waals surface area contributed by atoms with Gasteiger partial charge in [-0.15, -0.1) is 0 Å². The molecule has 2 aromatic heterocycles. The Balaban J connectivity index is 1.35. The first-order valence-corrected chi connectivity index (χ1v) is 10.2. The number of hydrogen-bond donors (Lipinski definition) is 0. The van der Waals surface area contributed by atoms with Gasteiger partial charge in [0.25, 0.3) is 0 Å². The standard InChI is InChI=1S/C22H28N6O/c1-16-19(17(2)26(3)24-16)9-10-22(29)27-12-11-21-23-20(25-28(21)14-13-27)15-18-7-5-4-6-8-18/h4-8H,9-15H2,1-3H3. The average molecular weight is 393 g/mol. The molecule has 0 spiro atoms. The summed E-state index contributed by atoms with van der Waals surface area (Å²) in [6, 6.07) is 10.3. The molecule has 1 aromatic carbocycles. The fraction of sp³-hybridized carbons (Fsp3) is 0.455. The highest BCUT2D eigenvalue weighted by Crippen LogP contribution is 2.16. The van der Waals surface area contributed by atoms with Crippen LogP contribution < -0.4 is 0 Å². The first kappa shape index (κ1) is 19.4. The topological polar surface area (TPSA) is 68.8 Å². The third-order valence-corrected chi connectivity index (χ3v) is 5.78. The van der Waals surface area contributed by atoms with Crippen LogP contribution in [0.1, 0.15) is 40.6 Å². The smallest absolute Gasteiger partial charge is 0.222 e. The molecule has 152 valence electrons. The summed E-state index contributed by atoms with van der Waals surface area (Å²) in [5.74, 6) is 2.03. The highest BCUT2D eigenvalue weighted by molar-refractivity contribution is 5.76. The SMILES string of the molecule is Cc1nn(C)c(C)c1CCC(=O)N1CCc2nc(Cc3ccccc3)nn2CC1. The first-order chi connectivity index (χ1) is 14.0. The van der Waals surface area contributed by atoms with Crippen molar-refractivity contribution in [3.8, 4) is 0 Å². The number of fused-ring (bicyclic) bond motifs is 1. The van der Waals surface area contributed by atoms with Gasteiger partial charge in [-0.25, -0.2) is 9.67 Å². The molecule has 0 saturated heterocycles. The molecule has 1 aliphatic heterocycles. The second-order valence-corrected chi connectivity index (χ2v) is 7.73. The van der Waals surface area contributed by atoms with Crippen molar-refractivity contribution < 1.29 is 4.79 Å². The van der Waals surface area contributed by atoms with Crippen molar-refractivity contribution >= 4 is 5.91 Å². The Labute approximate surface area is 171 Å². The van der Waals surface area contributed by atoms with Crippen LogP contribution >= 0.6 is 0 Å². The number of carbonyl (C=O) groups excluding carboxylic acids is 1. The summed E-state index contributed by atoms with van der Waals surface area (Å²) in [6.07, 6.45) is 2.75. The van der Waals surface area contributed by atoms with Crippen LogP contribution in [0.4, 0.5) is 0 Å². The number of rotatable bonds is 5. The van der Waals surface area contributed by atoms with Crippen LogP contribution in [0.3, 0.4) is 0 Å². The zero-order valence-corrected chi connectivity index (χ0v) is 17.4. The fourth-order valence-electron chi connectivity index (χ4n) is 4.02. The Hall–Kier alpha value is -2.96. The lowest BCUT2D eigenvalue weighted by atomic mass is 10.1. The van der Waals surface area contributed by atoms with Gasteiger partial charge in [0, 0.05) is 45.1 Å². The molecule has 0 N–H and O–H groups in total. The Morgan fingerprint density at radius 2 is 1.86 bits per heavy atom. The van der Waals surface area contributed by atoms with E-state index < -0.39 is 0 Å². The van der Waals surface area contributed by atoms with E-state index in [2.05, 4.69) is 29.3 Å². The number of benzene rings is 1. The van der Waals surface area contributed by atoms with E-state index in [0.717, 1.165) is 42.3 Å². The van der Waals surface area contributed by atoms with Gasteiger partial charge in [-0.1, -0.05) is 30.3 Å². The summed E-state index contributed by atoms with van der Waals surface area (Å²) < 4.78 is 3.86. The van der Waals surface area contributed by atoms with Crippen molar-refractivity contribution in [2.24, 2.45) is 7.05 Å². The molecule has 1 aliphatic rings. The van der Waals surface area contributed by atoms with Crippen LogP contribution in [0, 0.1) is 13.8 Å². The van der Waals surface area contributed by atoms with Gasteiger partial charge in [-0.05, 0) is 31.4 Å². The summed E-state index contributed by atoms with van der Waals surface area (Å²) in [4.78, 5) is 19.5. The molecule has 4 rings (SSSR count). The molecule has 7 heteroatoms.